The van der Waals surface area contributed by atoms with Gasteiger partial charge in [0.05, 0.1) is 5.60 Å². The topological polar surface area (TPSA) is 23.5 Å². The predicted octanol–water partition coefficient (Wildman–Crippen LogP) is 3.19. The Kier molecular flexibility index (Phi) is 4.48. The van der Waals surface area contributed by atoms with Crippen molar-refractivity contribution in [3.63, 3.8) is 0 Å². The van der Waals surface area contributed by atoms with Crippen molar-refractivity contribution < 1.29 is 5.11 Å². The number of rotatable bonds is 4. The van der Waals surface area contributed by atoms with Crippen molar-refractivity contribution in [2.24, 2.45) is 5.92 Å². The molecule has 2 saturated heterocycles. The second-order valence-corrected chi connectivity index (χ2v) is 6.78. The van der Waals surface area contributed by atoms with E-state index in [1.165, 1.54) is 58.0 Å². The number of fused-ring (bicyclic) bond motifs is 1. The molecule has 0 bridgehead atoms. The van der Waals surface area contributed by atoms with Gasteiger partial charge in [0.2, 0.25) is 0 Å². The van der Waals surface area contributed by atoms with Crippen LogP contribution in [-0.2, 0) is 0 Å². The van der Waals surface area contributed by atoms with Crippen molar-refractivity contribution in [2.45, 2.75) is 76.9 Å². The zero-order valence-electron chi connectivity index (χ0n) is 11.6. The zero-order valence-corrected chi connectivity index (χ0v) is 11.6. The minimum absolute atomic E-state index is 0.467. The Morgan fingerprint density at radius 2 is 2.00 bits per heavy atom. The summed E-state index contributed by atoms with van der Waals surface area (Å²) in [6, 6.07) is 0.893. The van der Waals surface area contributed by atoms with E-state index in [0.717, 1.165) is 18.4 Å². The SMILES string of the molecule is CC(C)(O)CCCC1CCN2CCCCC2C1. The van der Waals surface area contributed by atoms with Crippen LogP contribution in [0.5, 0.6) is 0 Å². The molecule has 17 heavy (non-hydrogen) atoms. The molecule has 1 N–H and O–H groups in total. The van der Waals surface area contributed by atoms with Gasteiger partial charge in [-0.25, -0.2) is 0 Å². The van der Waals surface area contributed by atoms with Crippen molar-refractivity contribution in [2.75, 3.05) is 13.1 Å². The first-order valence-electron chi connectivity index (χ1n) is 7.51. The lowest BCUT2D eigenvalue weighted by Gasteiger charge is -2.42. The molecule has 0 aliphatic carbocycles. The number of hydrogen-bond acceptors (Lipinski definition) is 2. The van der Waals surface area contributed by atoms with Crippen LogP contribution in [0.3, 0.4) is 0 Å². The van der Waals surface area contributed by atoms with Crippen LogP contribution in [0, 0.1) is 5.92 Å². The van der Waals surface area contributed by atoms with E-state index >= 15 is 0 Å². The van der Waals surface area contributed by atoms with Crippen molar-refractivity contribution in [1.82, 2.24) is 4.90 Å². The molecule has 2 aliphatic rings. The summed E-state index contributed by atoms with van der Waals surface area (Å²) in [5.41, 5.74) is -0.467. The van der Waals surface area contributed by atoms with Gasteiger partial charge in [0.15, 0.2) is 0 Å². The third-order valence-electron chi connectivity index (χ3n) is 4.58. The molecule has 2 rings (SSSR count). The molecule has 2 unspecified atom stereocenters. The van der Waals surface area contributed by atoms with Crippen LogP contribution >= 0.6 is 0 Å². The summed E-state index contributed by atoms with van der Waals surface area (Å²) in [4.78, 5) is 2.72. The molecule has 2 atom stereocenters. The molecule has 0 aromatic rings. The van der Waals surface area contributed by atoms with Gasteiger partial charge in [0.1, 0.15) is 0 Å². The highest BCUT2D eigenvalue weighted by atomic mass is 16.3. The van der Waals surface area contributed by atoms with Gasteiger partial charge in [-0.1, -0.05) is 19.3 Å². The second kappa shape index (κ2) is 5.71. The van der Waals surface area contributed by atoms with Crippen LogP contribution in [0.1, 0.15) is 65.2 Å². The fraction of sp³-hybridized carbons (Fsp3) is 1.00. The Labute approximate surface area is 106 Å². The lowest BCUT2D eigenvalue weighted by atomic mass is 9.82. The average molecular weight is 239 g/mol. The normalized spacial score (nSPS) is 31.2. The predicted molar refractivity (Wildman–Crippen MR) is 72.1 cm³/mol. The van der Waals surface area contributed by atoms with Gasteiger partial charge in [-0.15, -0.1) is 0 Å². The minimum Gasteiger partial charge on any atom is -0.390 e. The molecule has 0 radical (unpaired) electrons. The lowest BCUT2D eigenvalue weighted by Crippen LogP contribution is -2.45. The maximum atomic E-state index is 9.73. The van der Waals surface area contributed by atoms with Crippen LogP contribution in [-0.4, -0.2) is 34.7 Å². The third kappa shape index (κ3) is 4.26. The second-order valence-electron chi connectivity index (χ2n) is 6.78. The Balaban J connectivity index is 1.69. The maximum absolute atomic E-state index is 9.73. The largest absolute Gasteiger partial charge is 0.390 e. The molecule has 0 aromatic heterocycles. The van der Waals surface area contributed by atoms with Crippen molar-refractivity contribution >= 4 is 0 Å². The van der Waals surface area contributed by atoms with Gasteiger partial charge in [0.25, 0.3) is 0 Å². The van der Waals surface area contributed by atoms with E-state index in [-0.39, 0.29) is 0 Å². The molecule has 2 fully saturated rings. The number of piperidine rings is 2. The summed E-state index contributed by atoms with van der Waals surface area (Å²) in [6.45, 7) is 6.53. The zero-order chi connectivity index (χ0) is 12.3. The Hall–Kier alpha value is -0.0800. The first-order chi connectivity index (χ1) is 8.04. The molecule has 2 heteroatoms. The van der Waals surface area contributed by atoms with E-state index in [2.05, 4.69) is 4.90 Å². The van der Waals surface area contributed by atoms with Gasteiger partial charge < -0.3 is 10.0 Å². The van der Waals surface area contributed by atoms with E-state index in [1.807, 2.05) is 13.8 Å². The number of nitrogens with zero attached hydrogens (tertiary/aromatic N) is 1. The standard InChI is InChI=1S/C15H29NO/c1-15(2,17)9-5-6-13-8-11-16-10-4-3-7-14(16)12-13/h13-14,17H,3-12H2,1-2H3. The van der Waals surface area contributed by atoms with Gasteiger partial charge in [-0.05, 0) is 65.0 Å². The van der Waals surface area contributed by atoms with Crippen molar-refractivity contribution in [3.8, 4) is 0 Å². The van der Waals surface area contributed by atoms with Crippen LogP contribution in [0.2, 0.25) is 0 Å². The molecule has 2 aliphatic heterocycles. The Morgan fingerprint density at radius 3 is 2.76 bits per heavy atom. The molecule has 0 spiro atoms. The van der Waals surface area contributed by atoms with Gasteiger partial charge in [-0.2, -0.15) is 0 Å². The summed E-state index contributed by atoms with van der Waals surface area (Å²) in [5.74, 6) is 0.927. The molecule has 100 valence electrons. The van der Waals surface area contributed by atoms with Crippen LogP contribution in [0.15, 0.2) is 0 Å². The number of aliphatic hydroxyl groups is 1. The summed E-state index contributed by atoms with van der Waals surface area (Å²) in [5, 5.41) is 9.73. The Bertz CT molecular complexity index is 234. The molecule has 2 heterocycles. The molecular weight excluding hydrogens is 210 g/mol. The van der Waals surface area contributed by atoms with Crippen molar-refractivity contribution in [3.05, 3.63) is 0 Å². The lowest BCUT2D eigenvalue weighted by molar-refractivity contribution is 0.0559. The summed E-state index contributed by atoms with van der Waals surface area (Å²) >= 11 is 0. The fourth-order valence-electron chi connectivity index (χ4n) is 3.56. The summed E-state index contributed by atoms with van der Waals surface area (Å²) < 4.78 is 0. The minimum atomic E-state index is -0.467. The smallest absolute Gasteiger partial charge is 0.0591 e. The molecule has 0 saturated carbocycles. The Morgan fingerprint density at radius 1 is 1.18 bits per heavy atom. The molecule has 0 amide bonds. The monoisotopic (exact) mass is 239 g/mol. The van der Waals surface area contributed by atoms with Crippen molar-refractivity contribution in [1.29, 1.82) is 0 Å². The van der Waals surface area contributed by atoms with E-state index in [0.29, 0.717) is 0 Å². The first-order valence-corrected chi connectivity index (χ1v) is 7.51. The fourth-order valence-corrected chi connectivity index (χ4v) is 3.56. The highest BCUT2D eigenvalue weighted by molar-refractivity contribution is 4.84. The van der Waals surface area contributed by atoms with Crippen LogP contribution in [0.4, 0.5) is 0 Å². The van der Waals surface area contributed by atoms with Gasteiger partial charge in [0, 0.05) is 6.04 Å². The third-order valence-corrected chi connectivity index (χ3v) is 4.58. The molecule has 0 aromatic carbocycles. The quantitative estimate of drug-likeness (QED) is 0.814. The maximum Gasteiger partial charge on any atom is 0.0591 e. The highest BCUT2D eigenvalue weighted by Crippen LogP contribution is 2.32. The van der Waals surface area contributed by atoms with Crippen LogP contribution in [0.25, 0.3) is 0 Å². The summed E-state index contributed by atoms with van der Waals surface area (Å²) in [7, 11) is 0. The number of hydrogen-bond donors (Lipinski definition) is 1. The van der Waals surface area contributed by atoms with E-state index < -0.39 is 5.60 Å². The first kappa shape index (κ1) is 13.4. The van der Waals surface area contributed by atoms with E-state index in [1.54, 1.807) is 0 Å². The van der Waals surface area contributed by atoms with E-state index in [4.69, 9.17) is 0 Å². The van der Waals surface area contributed by atoms with Gasteiger partial charge >= 0.3 is 0 Å². The molecular formula is C15H29NO. The summed E-state index contributed by atoms with van der Waals surface area (Å²) in [6.07, 6.45) is 10.6. The van der Waals surface area contributed by atoms with Gasteiger partial charge in [-0.3, -0.25) is 0 Å². The van der Waals surface area contributed by atoms with Crippen LogP contribution < -0.4 is 0 Å². The van der Waals surface area contributed by atoms with E-state index in [9.17, 15) is 5.11 Å². The molecule has 2 nitrogen and oxygen atoms in total. The average Bonchev–Trinajstić information content (AvgIpc) is 2.27. The highest BCUT2D eigenvalue weighted by Gasteiger charge is 2.29.